The van der Waals surface area contributed by atoms with Crippen LogP contribution >= 0.6 is 0 Å². The molecule has 2 aliphatic rings. The van der Waals surface area contributed by atoms with Crippen molar-refractivity contribution in [2.45, 2.75) is 64.4 Å². The van der Waals surface area contributed by atoms with Crippen molar-refractivity contribution in [1.29, 1.82) is 0 Å². The highest BCUT2D eigenvalue weighted by Crippen LogP contribution is 2.37. The highest BCUT2D eigenvalue weighted by Gasteiger charge is 2.36. The summed E-state index contributed by atoms with van der Waals surface area (Å²) < 4.78 is 9.79. The largest absolute Gasteiger partial charge is 0.356 e. The van der Waals surface area contributed by atoms with Gasteiger partial charge in [-0.3, -0.25) is 19.4 Å². The van der Waals surface area contributed by atoms with Crippen LogP contribution in [0.4, 0.5) is 5.82 Å². The number of hydrogen-bond donors (Lipinski definition) is 0. The van der Waals surface area contributed by atoms with E-state index in [1.54, 1.807) is 30.2 Å². The van der Waals surface area contributed by atoms with Gasteiger partial charge in [-0.25, -0.2) is 9.48 Å². The Hall–Kier alpha value is -3.37. The van der Waals surface area contributed by atoms with Crippen LogP contribution in [0.5, 0.6) is 0 Å². The molecule has 37 heavy (non-hydrogen) atoms. The van der Waals surface area contributed by atoms with Crippen LogP contribution < -0.4 is 10.6 Å². The monoisotopic (exact) mass is 502 g/mol. The molecule has 0 bridgehead atoms. The molecule has 4 aromatic rings. The molecule has 1 aromatic carbocycles. The van der Waals surface area contributed by atoms with Crippen molar-refractivity contribution in [3.8, 4) is 0 Å². The van der Waals surface area contributed by atoms with Crippen LogP contribution in [0, 0.1) is 0 Å². The zero-order valence-electron chi connectivity index (χ0n) is 21.9. The summed E-state index contributed by atoms with van der Waals surface area (Å²) in [7, 11) is 1.78. The molecule has 194 valence electrons. The molecule has 5 heterocycles. The standard InChI is InChI=1S/C27H34N8O2/c1-17-16-34(18(2)15-33(17)19(3)20-8-9-21-22(13-20)29-11-10-28-21)26-25-23(14-30-27(36)32(25)4)31-35(26)24-7-5-6-12-37-24/h8-11,13-14,17-19,24H,5-7,12,15-16H2,1-4H3/t17-,18+,19+,24?/m1/s1. The summed E-state index contributed by atoms with van der Waals surface area (Å²) in [6, 6.07) is 7.07. The molecule has 2 aliphatic heterocycles. The predicted molar refractivity (Wildman–Crippen MR) is 143 cm³/mol. The summed E-state index contributed by atoms with van der Waals surface area (Å²) in [6.07, 6.45) is 8.01. The summed E-state index contributed by atoms with van der Waals surface area (Å²) in [5, 5.41) is 4.90. The minimum atomic E-state index is -0.273. The Bertz CT molecular complexity index is 1490. The Kier molecular flexibility index (Phi) is 6.16. The number of ether oxygens (including phenoxy) is 1. The molecule has 2 fully saturated rings. The first-order chi connectivity index (χ1) is 17.9. The smallest absolute Gasteiger partial charge is 0.347 e. The van der Waals surface area contributed by atoms with Gasteiger partial charge in [-0.2, -0.15) is 10.1 Å². The van der Waals surface area contributed by atoms with Gasteiger partial charge in [-0.15, -0.1) is 0 Å². The van der Waals surface area contributed by atoms with E-state index in [9.17, 15) is 4.79 Å². The lowest BCUT2D eigenvalue weighted by Crippen LogP contribution is -2.57. The normalized spacial score (nSPS) is 24.1. The first kappa shape index (κ1) is 24.0. The molecule has 6 rings (SSSR count). The molecule has 0 aliphatic carbocycles. The summed E-state index contributed by atoms with van der Waals surface area (Å²) in [4.78, 5) is 30.5. The Morgan fingerprint density at radius 1 is 1.00 bits per heavy atom. The molecular formula is C27H34N8O2. The van der Waals surface area contributed by atoms with Gasteiger partial charge in [0.15, 0.2) is 12.0 Å². The number of aryl methyl sites for hydroxylation is 1. The second-order valence-electron chi connectivity index (χ2n) is 10.5. The Morgan fingerprint density at radius 2 is 1.81 bits per heavy atom. The van der Waals surface area contributed by atoms with Gasteiger partial charge in [0.2, 0.25) is 0 Å². The third kappa shape index (κ3) is 4.18. The molecule has 1 unspecified atom stereocenters. The summed E-state index contributed by atoms with van der Waals surface area (Å²) in [5.74, 6) is 0.955. The van der Waals surface area contributed by atoms with Gasteiger partial charge in [-0.1, -0.05) is 6.07 Å². The van der Waals surface area contributed by atoms with Crippen molar-refractivity contribution in [2.75, 3.05) is 24.6 Å². The molecule has 0 N–H and O–H groups in total. The Morgan fingerprint density at radius 3 is 2.59 bits per heavy atom. The van der Waals surface area contributed by atoms with Gasteiger partial charge < -0.3 is 9.64 Å². The summed E-state index contributed by atoms with van der Waals surface area (Å²) in [5.41, 5.74) is 4.34. The molecule has 10 nitrogen and oxygen atoms in total. The van der Waals surface area contributed by atoms with Gasteiger partial charge in [-0.05, 0) is 57.7 Å². The van der Waals surface area contributed by atoms with Crippen molar-refractivity contribution < 1.29 is 4.74 Å². The lowest BCUT2D eigenvalue weighted by Gasteiger charge is -2.48. The number of aromatic nitrogens is 6. The van der Waals surface area contributed by atoms with Crippen LogP contribution in [-0.4, -0.2) is 66.0 Å². The molecule has 2 saturated heterocycles. The van der Waals surface area contributed by atoms with Crippen molar-refractivity contribution in [3.63, 3.8) is 0 Å². The molecule has 0 saturated carbocycles. The quantitative estimate of drug-likeness (QED) is 0.419. The molecule has 0 radical (unpaired) electrons. The average Bonchev–Trinajstić information content (AvgIpc) is 3.32. The zero-order chi connectivity index (χ0) is 25.7. The SMILES string of the molecule is C[C@@H]1CN(c2c3c(cnc(=O)n3C)nn2C2CCCCO2)[C@@H](C)CN1[C@@H](C)c1ccc2nccnc2c1. The predicted octanol–water partition coefficient (Wildman–Crippen LogP) is 3.43. The van der Waals surface area contributed by atoms with Crippen molar-refractivity contribution in [1.82, 2.24) is 34.2 Å². The Balaban J connectivity index is 1.35. The summed E-state index contributed by atoms with van der Waals surface area (Å²) in [6.45, 7) is 9.20. The van der Waals surface area contributed by atoms with E-state index in [0.29, 0.717) is 0 Å². The van der Waals surface area contributed by atoms with E-state index in [2.05, 4.69) is 63.7 Å². The fraction of sp³-hybridized carbons (Fsp3) is 0.519. The van der Waals surface area contributed by atoms with E-state index in [-0.39, 0.29) is 30.0 Å². The highest BCUT2D eigenvalue weighted by atomic mass is 16.5. The van der Waals surface area contributed by atoms with Gasteiger partial charge in [0.05, 0.1) is 17.2 Å². The Labute approximate surface area is 215 Å². The molecule has 0 amide bonds. The number of rotatable bonds is 4. The maximum atomic E-state index is 12.5. The van der Waals surface area contributed by atoms with E-state index < -0.39 is 0 Å². The second kappa shape index (κ2) is 9.50. The zero-order valence-corrected chi connectivity index (χ0v) is 21.9. The average molecular weight is 503 g/mol. The van der Waals surface area contributed by atoms with E-state index in [1.165, 1.54) is 5.56 Å². The maximum Gasteiger partial charge on any atom is 0.347 e. The number of hydrogen-bond acceptors (Lipinski definition) is 8. The highest BCUT2D eigenvalue weighted by molar-refractivity contribution is 5.87. The molecule has 4 atom stereocenters. The molecule has 0 spiro atoms. The van der Waals surface area contributed by atoms with E-state index >= 15 is 0 Å². The first-order valence-corrected chi connectivity index (χ1v) is 13.2. The number of nitrogens with zero attached hydrogens (tertiary/aromatic N) is 8. The van der Waals surface area contributed by atoms with Gasteiger partial charge in [0.1, 0.15) is 11.0 Å². The second-order valence-corrected chi connectivity index (χ2v) is 10.5. The van der Waals surface area contributed by atoms with E-state index in [4.69, 9.17) is 9.84 Å². The minimum absolute atomic E-state index is 0.135. The van der Waals surface area contributed by atoms with Gasteiger partial charge in [0, 0.05) is 57.3 Å². The number of fused-ring (bicyclic) bond motifs is 2. The van der Waals surface area contributed by atoms with E-state index in [1.807, 2.05) is 4.68 Å². The topological polar surface area (TPSA) is 94.2 Å². The lowest BCUT2D eigenvalue weighted by molar-refractivity contribution is -0.0386. The third-order valence-electron chi connectivity index (χ3n) is 8.01. The molecular weight excluding hydrogens is 468 g/mol. The minimum Gasteiger partial charge on any atom is -0.356 e. The van der Waals surface area contributed by atoms with Gasteiger partial charge in [0.25, 0.3) is 0 Å². The molecule has 10 heteroatoms. The van der Waals surface area contributed by atoms with Gasteiger partial charge >= 0.3 is 5.69 Å². The summed E-state index contributed by atoms with van der Waals surface area (Å²) >= 11 is 0. The maximum absolute atomic E-state index is 12.5. The van der Waals surface area contributed by atoms with Crippen LogP contribution in [0.25, 0.3) is 22.1 Å². The van der Waals surface area contributed by atoms with Crippen LogP contribution in [0.1, 0.15) is 57.9 Å². The number of anilines is 1. The van der Waals surface area contributed by atoms with Crippen molar-refractivity contribution in [2.24, 2.45) is 7.05 Å². The van der Waals surface area contributed by atoms with Crippen LogP contribution in [0.15, 0.2) is 41.6 Å². The fourth-order valence-corrected chi connectivity index (χ4v) is 5.95. The number of piperazine rings is 1. The fourth-order valence-electron chi connectivity index (χ4n) is 5.95. The first-order valence-electron chi connectivity index (χ1n) is 13.2. The van der Waals surface area contributed by atoms with Crippen LogP contribution in [-0.2, 0) is 11.8 Å². The lowest BCUT2D eigenvalue weighted by atomic mass is 10.00. The van der Waals surface area contributed by atoms with Crippen LogP contribution in [0.2, 0.25) is 0 Å². The van der Waals surface area contributed by atoms with Crippen LogP contribution in [0.3, 0.4) is 0 Å². The molecule has 3 aromatic heterocycles. The van der Waals surface area contributed by atoms with Crippen molar-refractivity contribution in [3.05, 3.63) is 52.8 Å². The van der Waals surface area contributed by atoms with Crippen molar-refractivity contribution >= 4 is 27.9 Å². The third-order valence-corrected chi connectivity index (χ3v) is 8.01. The van der Waals surface area contributed by atoms with E-state index in [0.717, 1.165) is 66.8 Å². The number of benzene rings is 1.